The van der Waals surface area contributed by atoms with Gasteiger partial charge in [0.05, 0.1) is 45.7 Å². The Bertz CT molecular complexity index is 1060. The number of carbonyl (C=O) groups excluding carboxylic acids is 2. The first-order chi connectivity index (χ1) is 20.3. The van der Waals surface area contributed by atoms with E-state index in [0.29, 0.717) is 58.4 Å². The third-order valence-electron chi connectivity index (χ3n) is 6.86. The minimum absolute atomic E-state index is 0.202. The lowest BCUT2D eigenvalue weighted by Crippen LogP contribution is -2.61. The van der Waals surface area contributed by atoms with Gasteiger partial charge in [-0.25, -0.2) is 0 Å². The SMILES string of the molecule is CC(C)[C@@H]1NC(=O)[C@@H]([C@H](O)[C@@H](N)Cc2ccccc2)NCc2ccc(cc2)OCCOCCOCCOCCNC1=O. The number of benzene rings is 2. The number of carbonyl (C=O) groups is 2. The molecule has 4 atom stereocenters. The van der Waals surface area contributed by atoms with Crippen LogP contribution < -0.4 is 26.4 Å². The predicted octanol–water partition coefficient (Wildman–Crippen LogP) is 0.775. The van der Waals surface area contributed by atoms with Gasteiger partial charge in [-0.15, -0.1) is 0 Å². The Morgan fingerprint density at radius 1 is 0.833 bits per heavy atom. The average molecular weight is 587 g/mol. The molecule has 0 unspecified atom stereocenters. The van der Waals surface area contributed by atoms with Gasteiger partial charge in [-0.05, 0) is 35.6 Å². The van der Waals surface area contributed by atoms with Gasteiger partial charge >= 0.3 is 0 Å². The van der Waals surface area contributed by atoms with Crippen LogP contribution in [0.15, 0.2) is 54.6 Å². The van der Waals surface area contributed by atoms with Crippen LogP contribution in [0.3, 0.4) is 0 Å². The van der Waals surface area contributed by atoms with Crippen molar-refractivity contribution >= 4 is 11.8 Å². The molecular weight excluding hydrogens is 540 g/mol. The largest absolute Gasteiger partial charge is 0.491 e. The van der Waals surface area contributed by atoms with E-state index in [1.807, 2.05) is 68.4 Å². The molecule has 2 aromatic carbocycles. The van der Waals surface area contributed by atoms with Crippen LogP contribution in [0.25, 0.3) is 0 Å². The summed E-state index contributed by atoms with van der Waals surface area (Å²) in [7, 11) is 0. The van der Waals surface area contributed by atoms with Crippen LogP contribution >= 0.6 is 0 Å². The number of hydrogen-bond donors (Lipinski definition) is 5. The van der Waals surface area contributed by atoms with Crippen molar-refractivity contribution in [1.82, 2.24) is 16.0 Å². The molecule has 0 aromatic heterocycles. The lowest BCUT2D eigenvalue weighted by molar-refractivity contribution is -0.133. The number of nitrogens with two attached hydrogens (primary N) is 1. The summed E-state index contributed by atoms with van der Waals surface area (Å²) < 4.78 is 22.3. The summed E-state index contributed by atoms with van der Waals surface area (Å²) >= 11 is 0. The van der Waals surface area contributed by atoms with Crippen LogP contribution in [-0.4, -0.2) is 93.9 Å². The Morgan fingerprint density at radius 3 is 2.10 bits per heavy atom. The number of fused-ring (bicyclic) bond motifs is 21. The highest BCUT2D eigenvalue weighted by molar-refractivity contribution is 5.90. The molecule has 0 fully saturated rings. The van der Waals surface area contributed by atoms with Gasteiger partial charge in [-0.2, -0.15) is 0 Å². The maximum absolute atomic E-state index is 13.6. The first-order valence-electron chi connectivity index (χ1n) is 14.6. The van der Waals surface area contributed by atoms with E-state index in [0.717, 1.165) is 11.1 Å². The number of rotatable bonds is 5. The molecule has 2 aliphatic heterocycles. The summed E-state index contributed by atoms with van der Waals surface area (Å²) in [4.78, 5) is 26.6. The van der Waals surface area contributed by atoms with Gasteiger partial charge in [0.1, 0.15) is 24.4 Å². The van der Waals surface area contributed by atoms with Crippen LogP contribution in [0.5, 0.6) is 5.75 Å². The van der Waals surface area contributed by atoms with Crippen molar-refractivity contribution in [2.45, 2.75) is 51.0 Å². The first-order valence-corrected chi connectivity index (χ1v) is 14.6. The minimum Gasteiger partial charge on any atom is -0.491 e. The van der Waals surface area contributed by atoms with E-state index in [9.17, 15) is 14.7 Å². The summed E-state index contributed by atoms with van der Waals surface area (Å²) in [6.07, 6.45) is -0.847. The third-order valence-corrected chi connectivity index (χ3v) is 6.86. The van der Waals surface area contributed by atoms with Crippen molar-refractivity contribution in [3.8, 4) is 5.75 Å². The summed E-state index contributed by atoms with van der Waals surface area (Å²) in [5.41, 5.74) is 8.23. The zero-order chi connectivity index (χ0) is 30.2. The van der Waals surface area contributed by atoms with Gasteiger partial charge in [0.15, 0.2) is 0 Å². The van der Waals surface area contributed by atoms with Crippen molar-refractivity contribution in [3.63, 3.8) is 0 Å². The van der Waals surface area contributed by atoms with Gasteiger partial charge in [-0.3, -0.25) is 14.9 Å². The Hall–Kier alpha value is -3.06. The monoisotopic (exact) mass is 586 g/mol. The molecular formula is C31H46N4O7. The molecule has 2 aromatic rings. The molecule has 2 bridgehead atoms. The molecule has 2 aliphatic rings. The lowest BCUT2D eigenvalue weighted by Gasteiger charge is -2.30. The van der Waals surface area contributed by atoms with Crippen molar-refractivity contribution in [2.24, 2.45) is 11.7 Å². The zero-order valence-corrected chi connectivity index (χ0v) is 24.6. The van der Waals surface area contributed by atoms with Crippen LogP contribution in [-0.2, 0) is 36.8 Å². The van der Waals surface area contributed by atoms with E-state index in [1.165, 1.54) is 0 Å². The van der Waals surface area contributed by atoms with Gasteiger partial charge in [0.2, 0.25) is 11.8 Å². The molecule has 2 heterocycles. The van der Waals surface area contributed by atoms with Crippen molar-refractivity contribution in [3.05, 3.63) is 65.7 Å². The maximum atomic E-state index is 13.6. The molecule has 232 valence electrons. The molecule has 4 rings (SSSR count). The van der Waals surface area contributed by atoms with Crippen molar-refractivity contribution < 1.29 is 33.6 Å². The Kier molecular flexibility index (Phi) is 14.7. The second-order valence-corrected chi connectivity index (χ2v) is 10.6. The normalized spacial score (nSPS) is 22.3. The van der Waals surface area contributed by atoms with Crippen LogP contribution in [0.2, 0.25) is 0 Å². The summed E-state index contributed by atoms with van der Waals surface area (Å²) in [6.45, 7) is 7.09. The molecule has 0 spiro atoms. The molecule has 0 saturated carbocycles. The van der Waals surface area contributed by atoms with Crippen LogP contribution in [0.4, 0.5) is 0 Å². The van der Waals surface area contributed by atoms with E-state index in [4.69, 9.17) is 24.7 Å². The summed E-state index contributed by atoms with van der Waals surface area (Å²) in [6, 6.07) is 14.4. The van der Waals surface area contributed by atoms with E-state index in [-0.39, 0.29) is 24.9 Å². The highest BCUT2D eigenvalue weighted by atomic mass is 16.6. The number of hydrogen-bond acceptors (Lipinski definition) is 9. The second-order valence-electron chi connectivity index (χ2n) is 10.6. The standard InChI is InChI=1S/C31H46N4O7/c1-22(2)27-30(37)33-12-13-39-14-15-40-16-17-41-18-19-42-25-10-8-24(9-11-25)21-34-28(31(38)35-27)29(36)26(32)20-23-6-4-3-5-7-23/h3-11,22,26-29,34,36H,12-21,32H2,1-2H3,(H,33,37)(H,35,38)/t26-,27-,28+,29+/m0/s1. The first kappa shape index (κ1) is 33.4. The third kappa shape index (κ3) is 11.7. The Labute approximate surface area is 248 Å². The van der Waals surface area contributed by atoms with Gasteiger partial charge in [0, 0.05) is 19.1 Å². The number of aliphatic hydroxyl groups is 1. The van der Waals surface area contributed by atoms with Crippen molar-refractivity contribution in [2.75, 3.05) is 52.8 Å². The smallest absolute Gasteiger partial charge is 0.242 e. The Balaban J connectivity index is 1.74. The predicted molar refractivity (Wildman–Crippen MR) is 159 cm³/mol. The zero-order valence-electron chi connectivity index (χ0n) is 24.6. The summed E-state index contributed by atoms with van der Waals surface area (Å²) in [5.74, 6) is -0.354. The molecule has 42 heavy (non-hydrogen) atoms. The van der Waals surface area contributed by atoms with E-state index in [2.05, 4.69) is 16.0 Å². The minimum atomic E-state index is -1.22. The fourth-order valence-electron chi connectivity index (χ4n) is 4.45. The number of ether oxygens (including phenoxy) is 4. The molecule has 11 nitrogen and oxygen atoms in total. The Morgan fingerprint density at radius 2 is 1.45 bits per heavy atom. The van der Waals surface area contributed by atoms with Gasteiger partial charge < -0.3 is 40.4 Å². The second kappa shape index (κ2) is 18.5. The fraction of sp³-hybridized carbons (Fsp3) is 0.548. The quantitative estimate of drug-likeness (QED) is 0.320. The van der Waals surface area contributed by atoms with Crippen molar-refractivity contribution in [1.29, 1.82) is 0 Å². The molecule has 6 N–H and O–H groups in total. The van der Waals surface area contributed by atoms with Crippen LogP contribution in [0, 0.1) is 5.92 Å². The number of aliphatic hydroxyl groups excluding tert-OH is 1. The average Bonchev–Trinajstić information content (AvgIpc) is 2.98. The number of nitrogens with one attached hydrogen (secondary N) is 3. The molecule has 0 saturated heterocycles. The fourth-order valence-corrected chi connectivity index (χ4v) is 4.45. The van der Waals surface area contributed by atoms with E-state index >= 15 is 0 Å². The molecule has 0 aliphatic carbocycles. The number of amides is 2. The highest BCUT2D eigenvalue weighted by Crippen LogP contribution is 2.14. The maximum Gasteiger partial charge on any atom is 0.242 e. The van der Waals surface area contributed by atoms with Gasteiger partial charge in [0.25, 0.3) is 0 Å². The topological polar surface area (TPSA) is 153 Å². The molecule has 2 amide bonds. The molecule has 11 heteroatoms. The summed E-state index contributed by atoms with van der Waals surface area (Å²) in [5, 5.41) is 20.1. The highest BCUT2D eigenvalue weighted by Gasteiger charge is 2.34. The molecule has 0 radical (unpaired) electrons. The van der Waals surface area contributed by atoms with Crippen LogP contribution in [0.1, 0.15) is 25.0 Å². The van der Waals surface area contributed by atoms with Gasteiger partial charge in [-0.1, -0.05) is 56.3 Å². The van der Waals surface area contributed by atoms with E-state index in [1.54, 1.807) is 0 Å². The van der Waals surface area contributed by atoms with E-state index < -0.39 is 30.1 Å². The lowest BCUT2D eigenvalue weighted by atomic mass is 9.95.